The zero-order valence-electron chi connectivity index (χ0n) is 10.5. The molecule has 3 heterocycles. The molecule has 1 aromatic rings. The Labute approximate surface area is 113 Å². The number of hydrogen-bond acceptors (Lipinski definition) is 5. The highest BCUT2D eigenvalue weighted by atomic mass is 32.2. The molecule has 0 radical (unpaired) electrons. The Balaban J connectivity index is 1.57. The summed E-state index contributed by atoms with van der Waals surface area (Å²) >= 11 is 0. The van der Waals surface area contributed by atoms with Crippen LogP contribution in [0.2, 0.25) is 0 Å². The molecule has 0 aliphatic carbocycles. The molecule has 2 N–H and O–H groups in total. The smallest absolute Gasteiger partial charge is 0.273 e. The first-order chi connectivity index (χ1) is 9.22. The Morgan fingerprint density at radius 1 is 1.42 bits per heavy atom. The van der Waals surface area contributed by atoms with E-state index in [9.17, 15) is 9.00 Å². The zero-order valence-corrected chi connectivity index (χ0v) is 11.4. The summed E-state index contributed by atoms with van der Waals surface area (Å²) in [6.45, 7) is 1.75. The molecule has 2 saturated heterocycles. The van der Waals surface area contributed by atoms with Crippen LogP contribution in [0.1, 0.15) is 29.4 Å². The lowest BCUT2D eigenvalue weighted by Gasteiger charge is -2.26. The molecule has 0 spiro atoms. The Morgan fingerprint density at radius 3 is 2.79 bits per heavy atom. The summed E-state index contributed by atoms with van der Waals surface area (Å²) in [7, 11) is -0.706. The topological polar surface area (TPSA) is 88.9 Å². The maximum Gasteiger partial charge on any atom is 0.273 e. The quantitative estimate of drug-likeness (QED) is 0.747. The molecule has 0 unspecified atom stereocenters. The van der Waals surface area contributed by atoms with E-state index in [0.29, 0.717) is 23.2 Å². The minimum Gasteiger partial charge on any atom is -0.348 e. The molecule has 0 atom stereocenters. The Morgan fingerprint density at radius 2 is 2.16 bits per heavy atom. The average molecular weight is 283 g/mol. The second-order valence-corrected chi connectivity index (χ2v) is 6.69. The van der Waals surface area contributed by atoms with E-state index in [-0.39, 0.29) is 11.9 Å². The van der Waals surface area contributed by atoms with Crippen molar-refractivity contribution in [3.05, 3.63) is 11.9 Å². The molecule has 2 aliphatic rings. The number of nitrogens with one attached hydrogen (secondary N) is 2. The molecule has 7 nitrogen and oxygen atoms in total. The van der Waals surface area contributed by atoms with E-state index in [1.165, 1.54) is 0 Å². The lowest BCUT2D eigenvalue weighted by molar-refractivity contribution is 0.0929. The van der Waals surface area contributed by atoms with Crippen LogP contribution in [0.25, 0.3) is 0 Å². The van der Waals surface area contributed by atoms with Crippen molar-refractivity contribution in [2.45, 2.75) is 24.9 Å². The second-order valence-electron chi connectivity index (χ2n) is 4.99. The van der Waals surface area contributed by atoms with Crippen molar-refractivity contribution in [2.24, 2.45) is 0 Å². The molecule has 2 fully saturated rings. The summed E-state index contributed by atoms with van der Waals surface area (Å²) in [5.74, 6) is 1.16. The molecule has 0 saturated carbocycles. The van der Waals surface area contributed by atoms with Crippen LogP contribution in [-0.4, -0.2) is 55.7 Å². The van der Waals surface area contributed by atoms with Gasteiger partial charge in [0.05, 0.1) is 12.2 Å². The molecule has 1 aromatic heterocycles. The molecule has 104 valence electrons. The van der Waals surface area contributed by atoms with Crippen molar-refractivity contribution in [2.75, 3.05) is 24.6 Å². The average Bonchev–Trinajstić information content (AvgIpc) is 2.79. The number of nitrogens with zero attached hydrogens (tertiary/aromatic N) is 3. The van der Waals surface area contributed by atoms with Crippen molar-refractivity contribution < 1.29 is 9.00 Å². The van der Waals surface area contributed by atoms with Gasteiger partial charge in [0.25, 0.3) is 5.91 Å². The predicted octanol–water partition coefficient (Wildman–Crippen LogP) is -0.937. The molecule has 0 bridgehead atoms. The highest BCUT2D eigenvalue weighted by molar-refractivity contribution is 7.85. The van der Waals surface area contributed by atoms with Gasteiger partial charge in [-0.1, -0.05) is 5.21 Å². The van der Waals surface area contributed by atoms with Crippen molar-refractivity contribution >= 4 is 16.7 Å². The highest BCUT2D eigenvalue weighted by Gasteiger charge is 2.24. The van der Waals surface area contributed by atoms with Crippen LogP contribution < -0.4 is 10.6 Å². The minimum absolute atomic E-state index is 0.112. The van der Waals surface area contributed by atoms with Gasteiger partial charge in [-0.2, -0.15) is 0 Å². The molecule has 2 aliphatic heterocycles. The molecular formula is C11H17N5O2S. The summed E-state index contributed by atoms with van der Waals surface area (Å²) < 4.78 is 13.0. The van der Waals surface area contributed by atoms with Gasteiger partial charge in [-0.25, -0.2) is 4.68 Å². The summed E-state index contributed by atoms with van der Waals surface area (Å²) in [6.07, 6.45) is 3.25. The third kappa shape index (κ3) is 2.84. The monoisotopic (exact) mass is 283 g/mol. The van der Waals surface area contributed by atoms with Crippen molar-refractivity contribution in [3.63, 3.8) is 0 Å². The van der Waals surface area contributed by atoms with E-state index in [1.54, 1.807) is 10.9 Å². The summed E-state index contributed by atoms with van der Waals surface area (Å²) in [5.41, 5.74) is 0.360. The number of carbonyl (C=O) groups is 1. The fourth-order valence-corrected chi connectivity index (χ4v) is 3.52. The summed E-state index contributed by atoms with van der Waals surface area (Å²) in [5, 5.41) is 14.0. The molecule has 0 aromatic carbocycles. The van der Waals surface area contributed by atoms with Gasteiger partial charge in [0, 0.05) is 41.4 Å². The first kappa shape index (κ1) is 12.7. The largest absolute Gasteiger partial charge is 0.348 e. The Kier molecular flexibility index (Phi) is 3.61. The fraction of sp³-hybridized carbons (Fsp3) is 0.727. The van der Waals surface area contributed by atoms with Gasteiger partial charge in [-0.3, -0.25) is 9.00 Å². The predicted molar refractivity (Wildman–Crippen MR) is 70.3 cm³/mol. The SMILES string of the molecule is O=C(NC1CCS(=O)CC1)c1cn(C2CNC2)nn1. The van der Waals surface area contributed by atoms with Crippen LogP contribution in [0, 0.1) is 0 Å². The number of hydrogen-bond donors (Lipinski definition) is 2. The van der Waals surface area contributed by atoms with Crippen molar-refractivity contribution in [3.8, 4) is 0 Å². The number of carbonyl (C=O) groups excluding carboxylic acids is 1. The first-order valence-corrected chi connectivity index (χ1v) is 7.99. The van der Waals surface area contributed by atoms with Gasteiger partial charge >= 0.3 is 0 Å². The maximum atomic E-state index is 12.0. The van der Waals surface area contributed by atoms with Crippen LogP contribution in [0.15, 0.2) is 6.20 Å². The van der Waals surface area contributed by atoms with Crippen LogP contribution in [0.5, 0.6) is 0 Å². The van der Waals surface area contributed by atoms with E-state index < -0.39 is 10.8 Å². The Hall–Kier alpha value is -1.28. The standard InChI is InChI=1S/C11H17N5O2S/c17-11(13-8-1-3-19(18)4-2-8)10-7-16(15-14-10)9-5-12-6-9/h7-9,12H,1-6H2,(H,13,17). The van der Waals surface area contributed by atoms with E-state index in [1.807, 2.05) is 0 Å². The summed E-state index contributed by atoms with van der Waals surface area (Å²) in [6, 6.07) is 0.423. The summed E-state index contributed by atoms with van der Waals surface area (Å²) in [4.78, 5) is 12.0. The van der Waals surface area contributed by atoms with Crippen molar-refractivity contribution in [1.29, 1.82) is 0 Å². The maximum absolute atomic E-state index is 12.0. The van der Waals surface area contributed by atoms with Gasteiger partial charge < -0.3 is 10.6 Å². The van der Waals surface area contributed by atoms with Gasteiger partial charge in [0.2, 0.25) is 0 Å². The third-order valence-electron chi connectivity index (χ3n) is 3.60. The Bertz CT molecular complexity index is 489. The normalized spacial score (nSPS) is 27.8. The van der Waals surface area contributed by atoms with E-state index in [4.69, 9.17) is 0 Å². The number of aromatic nitrogens is 3. The van der Waals surface area contributed by atoms with Crippen molar-refractivity contribution in [1.82, 2.24) is 25.6 Å². The fourth-order valence-electron chi connectivity index (χ4n) is 2.22. The van der Waals surface area contributed by atoms with E-state index >= 15 is 0 Å². The van der Waals surface area contributed by atoms with Crippen LogP contribution >= 0.6 is 0 Å². The van der Waals surface area contributed by atoms with Gasteiger partial charge in [0.15, 0.2) is 5.69 Å². The molecule has 19 heavy (non-hydrogen) atoms. The van der Waals surface area contributed by atoms with Gasteiger partial charge in [-0.15, -0.1) is 5.10 Å². The van der Waals surface area contributed by atoms with Crippen LogP contribution in [0.3, 0.4) is 0 Å². The van der Waals surface area contributed by atoms with Crippen LogP contribution in [-0.2, 0) is 10.8 Å². The molecule has 1 amide bonds. The number of amides is 1. The molecule has 8 heteroatoms. The van der Waals surface area contributed by atoms with Gasteiger partial charge in [-0.05, 0) is 12.8 Å². The van der Waals surface area contributed by atoms with Gasteiger partial charge in [0.1, 0.15) is 0 Å². The lowest BCUT2D eigenvalue weighted by Crippen LogP contribution is -2.43. The van der Waals surface area contributed by atoms with Crippen LogP contribution in [0.4, 0.5) is 0 Å². The highest BCUT2D eigenvalue weighted by Crippen LogP contribution is 2.12. The lowest BCUT2D eigenvalue weighted by atomic mass is 10.1. The second kappa shape index (κ2) is 5.38. The zero-order chi connectivity index (χ0) is 13.2. The molecular weight excluding hydrogens is 266 g/mol. The first-order valence-electron chi connectivity index (χ1n) is 6.51. The minimum atomic E-state index is -0.706. The third-order valence-corrected chi connectivity index (χ3v) is 4.98. The number of rotatable bonds is 3. The van der Waals surface area contributed by atoms with E-state index in [0.717, 1.165) is 25.9 Å². The van der Waals surface area contributed by atoms with E-state index in [2.05, 4.69) is 20.9 Å². The molecule has 3 rings (SSSR count).